The van der Waals surface area contributed by atoms with Crippen LogP contribution >= 0.6 is 27.5 Å². The van der Waals surface area contributed by atoms with E-state index in [0.29, 0.717) is 5.02 Å². The van der Waals surface area contributed by atoms with Gasteiger partial charge < -0.3 is 0 Å². The highest BCUT2D eigenvalue weighted by Crippen LogP contribution is 2.33. The SMILES string of the molecule is Clc1cccc(-n2c(-c3ccc(Br)cc3)cn3c4ccc5ccccc5c4nc23)c1. The minimum atomic E-state index is 0.697. The van der Waals surface area contributed by atoms with Crippen LogP contribution in [0, 0.1) is 0 Å². The van der Waals surface area contributed by atoms with Gasteiger partial charge in [0.15, 0.2) is 0 Å². The molecule has 0 aliphatic carbocycles. The molecule has 0 amide bonds. The summed E-state index contributed by atoms with van der Waals surface area (Å²) in [5.41, 5.74) is 5.24. The Bertz CT molecular complexity index is 1560. The van der Waals surface area contributed by atoms with Crippen molar-refractivity contribution in [3.8, 4) is 16.9 Å². The molecule has 0 unspecified atom stereocenters. The smallest absolute Gasteiger partial charge is 0.220 e. The lowest BCUT2D eigenvalue weighted by atomic mass is 10.1. The van der Waals surface area contributed by atoms with Crippen LogP contribution < -0.4 is 0 Å². The van der Waals surface area contributed by atoms with E-state index < -0.39 is 0 Å². The fourth-order valence-corrected chi connectivity index (χ4v) is 4.53. The molecule has 6 aromatic rings. The van der Waals surface area contributed by atoms with Gasteiger partial charge in [0.2, 0.25) is 5.78 Å². The molecular formula is C25H15BrClN3. The van der Waals surface area contributed by atoms with Crippen molar-refractivity contribution in [2.24, 2.45) is 0 Å². The van der Waals surface area contributed by atoms with E-state index in [4.69, 9.17) is 16.6 Å². The zero-order valence-electron chi connectivity index (χ0n) is 15.8. The van der Waals surface area contributed by atoms with Crippen LogP contribution in [0.15, 0.2) is 95.6 Å². The highest BCUT2D eigenvalue weighted by atomic mass is 79.9. The first-order chi connectivity index (χ1) is 14.7. The molecule has 0 bridgehead atoms. The van der Waals surface area contributed by atoms with Crippen molar-refractivity contribution in [3.63, 3.8) is 0 Å². The molecule has 0 aliphatic heterocycles. The van der Waals surface area contributed by atoms with Gasteiger partial charge in [-0.2, -0.15) is 0 Å². The number of nitrogens with zero attached hydrogens (tertiary/aromatic N) is 3. The van der Waals surface area contributed by atoms with Gasteiger partial charge in [-0.3, -0.25) is 8.97 Å². The van der Waals surface area contributed by atoms with Crippen molar-refractivity contribution in [2.75, 3.05) is 0 Å². The molecule has 0 N–H and O–H groups in total. The summed E-state index contributed by atoms with van der Waals surface area (Å²) in [6.45, 7) is 0. The third-order valence-corrected chi connectivity index (χ3v) is 6.23. The van der Waals surface area contributed by atoms with Crippen molar-refractivity contribution in [3.05, 3.63) is 101 Å². The molecule has 0 atom stereocenters. The monoisotopic (exact) mass is 471 g/mol. The maximum atomic E-state index is 6.34. The predicted octanol–water partition coefficient (Wildman–Crippen LogP) is 7.51. The van der Waals surface area contributed by atoms with Gasteiger partial charge in [-0.05, 0) is 41.8 Å². The first kappa shape index (κ1) is 17.8. The van der Waals surface area contributed by atoms with Gasteiger partial charge in [0.05, 0.1) is 22.4 Å². The number of hydrogen-bond donors (Lipinski definition) is 0. The zero-order valence-corrected chi connectivity index (χ0v) is 18.1. The fourth-order valence-electron chi connectivity index (χ4n) is 4.08. The molecule has 0 radical (unpaired) electrons. The highest BCUT2D eigenvalue weighted by Gasteiger charge is 2.18. The Kier molecular flexibility index (Phi) is 3.98. The van der Waals surface area contributed by atoms with Crippen LogP contribution in [0.2, 0.25) is 5.02 Å². The van der Waals surface area contributed by atoms with E-state index >= 15 is 0 Å². The molecule has 5 heteroatoms. The molecular weight excluding hydrogens is 458 g/mol. The van der Waals surface area contributed by atoms with Gasteiger partial charge in [0.25, 0.3) is 0 Å². The number of aromatic nitrogens is 3. The molecule has 4 aromatic carbocycles. The standard InChI is InChI=1S/C25H15BrClN3/c26-18-11-8-17(9-12-18)23-15-29-22-13-10-16-4-1-2-7-21(16)24(22)28-25(29)30(23)20-6-3-5-19(27)14-20/h1-15H. The van der Waals surface area contributed by atoms with Crippen LogP contribution in [-0.4, -0.2) is 14.0 Å². The number of fused-ring (bicyclic) bond motifs is 5. The third kappa shape index (κ3) is 2.68. The Morgan fingerprint density at radius 3 is 2.50 bits per heavy atom. The lowest BCUT2D eigenvalue weighted by Crippen LogP contribution is -1.97. The first-order valence-corrected chi connectivity index (χ1v) is 10.8. The molecule has 0 aliphatic rings. The van der Waals surface area contributed by atoms with Gasteiger partial charge in [0, 0.05) is 26.6 Å². The van der Waals surface area contributed by atoms with Crippen LogP contribution in [0.4, 0.5) is 0 Å². The number of rotatable bonds is 2. The molecule has 3 nitrogen and oxygen atoms in total. The van der Waals surface area contributed by atoms with Crippen molar-refractivity contribution in [1.29, 1.82) is 0 Å². The minimum absolute atomic E-state index is 0.697. The van der Waals surface area contributed by atoms with Crippen molar-refractivity contribution < 1.29 is 0 Å². The van der Waals surface area contributed by atoms with Crippen LogP contribution in [0.25, 0.3) is 44.5 Å². The quantitative estimate of drug-likeness (QED) is 0.255. The molecule has 6 rings (SSSR count). The summed E-state index contributed by atoms with van der Waals surface area (Å²) in [6, 6.07) is 28.9. The second kappa shape index (κ2) is 6.73. The van der Waals surface area contributed by atoms with Crippen LogP contribution in [-0.2, 0) is 0 Å². The van der Waals surface area contributed by atoms with Crippen LogP contribution in [0.3, 0.4) is 0 Å². The van der Waals surface area contributed by atoms with E-state index in [2.05, 4.69) is 97.8 Å². The van der Waals surface area contributed by atoms with Gasteiger partial charge in [-0.15, -0.1) is 0 Å². The molecule has 0 saturated carbocycles. The van der Waals surface area contributed by atoms with Crippen LogP contribution in [0.1, 0.15) is 0 Å². The summed E-state index contributed by atoms with van der Waals surface area (Å²) in [6.07, 6.45) is 2.16. The molecule has 0 spiro atoms. The Balaban J connectivity index is 1.74. The molecule has 0 saturated heterocycles. The van der Waals surface area contributed by atoms with Crippen molar-refractivity contribution >= 4 is 55.1 Å². The van der Waals surface area contributed by atoms with E-state index in [0.717, 1.165) is 43.6 Å². The Hall–Kier alpha value is -3.08. The summed E-state index contributed by atoms with van der Waals surface area (Å²) in [7, 11) is 0. The van der Waals surface area contributed by atoms with E-state index in [9.17, 15) is 0 Å². The Morgan fingerprint density at radius 2 is 1.67 bits per heavy atom. The summed E-state index contributed by atoms with van der Waals surface area (Å²) >= 11 is 9.87. The minimum Gasteiger partial charge on any atom is -0.283 e. The van der Waals surface area contributed by atoms with E-state index in [1.165, 1.54) is 5.39 Å². The molecule has 30 heavy (non-hydrogen) atoms. The van der Waals surface area contributed by atoms with Crippen LogP contribution in [0.5, 0.6) is 0 Å². The highest BCUT2D eigenvalue weighted by molar-refractivity contribution is 9.10. The number of benzene rings is 4. The van der Waals surface area contributed by atoms with E-state index in [1.807, 2.05) is 18.2 Å². The second-order valence-electron chi connectivity index (χ2n) is 7.27. The number of halogens is 2. The number of hydrogen-bond acceptors (Lipinski definition) is 1. The first-order valence-electron chi connectivity index (χ1n) is 9.62. The summed E-state index contributed by atoms with van der Waals surface area (Å²) in [5.74, 6) is 0.863. The van der Waals surface area contributed by atoms with Gasteiger partial charge in [-0.25, -0.2) is 4.98 Å². The summed E-state index contributed by atoms with van der Waals surface area (Å²) in [5, 5.41) is 3.04. The van der Waals surface area contributed by atoms with E-state index in [1.54, 1.807) is 0 Å². The maximum Gasteiger partial charge on any atom is 0.220 e. The van der Waals surface area contributed by atoms with Gasteiger partial charge >= 0.3 is 0 Å². The molecule has 2 aromatic heterocycles. The predicted molar refractivity (Wildman–Crippen MR) is 128 cm³/mol. The number of imidazole rings is 2. The Morgan fingerprint density at radius 1 is 0.833 bits per heavy atom. The molecule has 144 valence electrons. The normalized spacial score (nSPS) is 11.7. The van der Waals surface area contributed by atoms with E-state index in [-0.39, 0.29) is 0 Å². The average molecular weight is 473 g/mol. The zero-order chi connectivity index (χ0) is 20.2. The molecule has 0 fully saturated rings. The molecule has 2 heterocycles. The topological polar surface area (TPSA) is 22.2 Å². The lowest BCUT2D eigenvalue weighted by molar-refractivity contribution is 1.08. The van der Waals surface area contributed by atoms with Gasteiger partial charge in [-0.1, -0.05) is 76.1 Å². The second-order valence-corrected chi connectivity index (χ2v) is 8.62. The largest absolute Gasteiger partial charge is 0.283 e. The maximum absolute atomic E-state index is 6.34. The van der Waals surface area contributed by atoms with Crippen molar-refractivity contribution in [1.82, 2.24) is 14.0 Å². The Labute approximate surface area is 186 Å². The van der Waals surface area contributed by atoms with Crippen molar-refractivity contribution in [2.45, 2.75) is 0 Å². The summed E-state index contributed by atoms with van der Waals surface area (Å²) in [4.78, 5) is 5.09. The average Bonchev–Trinajstić information content (AvgIpc) is 3.30. The summed E-state index contributed by atoms with van der Waals surface area (Å²) < 4.78 is 5.39. The van der Waals surface area contributed by atoms with Gasteiger partial charge in [0.1, 0.15) is 0 Å². The lowest BCUT2D eigenvalue weighted by Gasteiger charge is -2.09. The third-order valence-electron chi connectivity index (χ3n) is 5.46. The fraction of sp³-hybridized carbons (Fsp3) is 0.